The molecule has 0 saturated carbocycles. The third kappa shape index (κ3) is 2.95. The Labute approximate surface area is 131 Å². The minimum Gasteiger partial charge on any atom is -0.492 e. The van der Waals surface area contributed by atoms with Crippen LogP contribution in [0.25, 0.3) is 0 Å². The molecule has 2 aromatic carbocycles. The van der Waals surface area contributed by atoms with Crippen LogP contribution >= 0.6 is 22.6 Å². The van der Waals surface area contributed by atoms with Gasteiger partial charge in [0, 0.05) is 9.26 Å². The number of benzene rings is 2. The number of halogens is 1. The number of hydrogen-bond donors (Lipinski definition) is 1. The van der Waals surface area contributed by atoms with Crippen LogP contribution < -0.4 is 10.1 Å². The lowest BCUT2D eigenvalue weighted by molar-refractivity contribution is -0.121. The highest BCUT2D eigenvalue weighted by molar-refractivity contribution is 14.1. The van der Waals surface area contributed by atoms with Crippen molar-refractivity contribution in [3.63, 3.8) is 0 Å². The second kappa shape index (κ2) is 5.83. The van der Waals surface area contributed by atoms with Crippen LogP contribution in [0.3, 0.4) is 0 Å². The fourth-order valence-electron chi connectivity index (χ4n) is 2.27. The molecular weight excluding hydrogens is 365 g/mol. The van der Waals surface area contributed by atoms with Gasteiger partial charge in [-0.1, -0.05) is 18.2 Å². The number of carbonyl (C=O) groups is 1. The number of amides is 1. The maximum atomic E-state index is 12.3. The van der Waals surface area contributed by atoms with Gasteiger partial charge in [-0.3, -0.25) is 4.79 Å². The maximum absolute atomic E-state index is 12.3. The van der Waals surface area contributed by atoms with E-state index in [1.165, 1.54) is 0 Å². The van der Waals surface area contributed by atoms with E-state index >= 15 is 0 Å². The van der Waals surface area contributed by atoms with Crippen molar-refractivity contribution in [2.75, 3.05) is 11.9 Å². The van der Waals surface area contributed by atoms with E-state index in [0.717, 1.165) is 27.0 Å². The normalized spacial score (nSPS) is 16.9. The number of anilines is 1. The lowest BCUT2D eigenvalue weighted by Gasteiger charge is -2.24. The van der Waals surface area contributed by atoms with Crippen LogP contribution in [0.1, 0.15) is 5.56 Å². The molecule has 0 spiro atoms. The zero-order valence-corrected chi connectivity index (χ0v) is 13.0. The molecule has 0 bridgehead atoms. The largest absolute Gasteiger partial charge is 0.492 e. The fraction of sp³-hybridized carbons (Fsp3) is 0.188. The van der Waals surface area contributed by atoms with E-state index in [4.69, 9.17) is 4.74 Å². The summed E-state index contributed by atoms with van der Waals surface area (Å²) in [4.78, 5) is 12.3. The van der Waals surface area contributed by atoms with Crippen LogP contribution in [-0.2, 0) is 11.2 Å². The lowest BCUT2D eigenvalue weighted by atomic mass is 9.96. The number of rotatable bonds is 2. The smallest absolute Gasteiger partial charge is 0.231 e. The van der Waals surface area contributed by atoms with Crippen LogP contribution in [0.5, 0.6) is 5.75 Å². The molecule has 2 aromatic rings. The summed E-state index contributed by atoms with van der Waals surface area (Å²) in [6.07, 6.45) is 0.729. The number of fused-ring (bicyclic) bond motifs is 1. The van der Waals surface area contributed by atoms with Crippen molar-refractivity contribution in [2.24, 2.45) is 5.92 Å². The minimum atomic E-state index is -0.135. The van der Waals surface area contributed by atoms with Crippen molar-refractivity contribution in [3.05, 3.63) is 57.7 Å². The molecule has 1 atom stereocenters. The third-order valence-corrected chi connectivity index (χ3v) is 4.08. The molecule has 0 aliphatic carbocycles. The van der Waals surface area contributed by atoms with Crippen molar-refractivity contribution in [3.8, 4) is 5.75 Å². The SMILES string of the molecule is O=C(Nc1ccc(I)cc1)C1COc2ccccc2C1. The second-order valence-corrected chi connectivity index (χ2v) is 6.06. The summed E-state index contributed by atoms with van der Waals surface area (Å²) in [5.41, 5.74) is 1.93. The number of nitrogens with one attached hydrogen (secondary N) is 1. The first-order chi connectivity index (χ1) is 9.72. The van der Waals surface area contributed by atoms with Crippen molar-refractivity contribution in [1.29, 1.82) is 0 Å². The molecule has 1 aliphatic rings. The average Bonchev–Trinajstić information content (AvgIpc) is 2.49. The van der Waals surface area contributed by atoms with Crippen LogP contribution in [0.4, 0.5) is 5.69 Å². The molecule has 1 amide bonds. The average molecular weight is 379 g/mol. The Kier molecular flexibility index (Phi) is 3.91. The Morgan fingerprint density at radius 3 is 2.70 bits per heavy atom. The zero-order chi connectivity index (χ0) is 13.9. The van der Waals surface area contributed by atoms with E-state index in [0.29, 0.717) is 6.61 Å². The highest BCUT2D eigenvalue weighted by atomic mass is 127. The Morgan fingerprint density at radius 1 is 1.15 bits per heavy atom. The first-order valence-electron chi connectivity index (χ1n) is 6.49. The molecule has 20 heavy (non-hydrogen) atoms. The van der Waals surface area contributed by atoms with Crippen LogP contribution in [0, 0.1) is 9.49 Å². The van der Waals surface area contributed by atoms with Gasteiger partial charge >= 0.3 is 0 Å². The van der Waals surface area contributed by atoms with E-state index in [2.05, 4.69) is 27.9 Å². The molecule has 1 heterocycles. The fourth-order valence-corrected chi connectivity index (χ4v) is 2.63. The van der Waals surface area contributed by atoms with Crippen LogP contribution in [-0.4, -0.2) is 12.5 Å². The van der Waals surface area contributed by atoms with Crippen molar-refractivity contribution < 1.29 is 9.53 Å². The quantitative estimate of drug-likeness (QED) is 0.812. The predicted molar refractivity (Wildman–Crippen MR) is 86.9 cm³/mol. The predicted octanol–water partition coefficient (Wildman–Crippen LogP) is 3.48. The van der Waals surface area contributed by atoms with E-state index in [-0.39, 0.29) is 11.8 Å². The topological polar surface area (TPSA) is 38.3 Å². The molecule has 102 valence electrons. The van der Waals surface area contributed by atoms with E-state index in [1.807, 2.05) is 48.5 Å². The number of hydrogen-bond acceptors (Lipinski definition) is 2. The van der Waals surface area contributed by atoms with E-state index in [9.17, 15) is 4.79 Å². The zero-order valence-electron chi connectivity index (χ0n) is 10.8. The summed E-state index contributed by atoms with van der Waals surface area (Å²) in [5.74, 6) is 0.774. The molecule has 0 fully saturated rings. The number of para-hydroxylation sites is 1. The first kappa shape index (κ1) is 13.4. The van der Waals surface area contributed by atoms with Crippen molar-refractivity contribution in [1.82, 2.24) is 0 Å². The van der Waals surface area contributed by atoms with Gasteiger partial charge in [-0.15, -0.1) is 0 Å². The minimum absolute atomic E-state index is 0.0145. The maximum Gasteiger partial charge on any atom is 0.231 e. The van der Waals surface area contributed by atoms with Gasteiger partial charge in [0.2, 0.25) is 5.91 Å². The summed E-state index contributed by atoms with van der Waals surface area (Å²) >= 11 is 2.24. The number of ether oxygens (including phenoxy) is 1. The molecule has 4 heteroatoms. The molecule has 0 saturated heterocycles. The third-order valence-electron chi connectivity index (χ3n) is 3.36. The molecule has 3 rings (SSSR count). The van der Waals surface area contributed by atoms with E-state index in [1.54, 1.807) is 0 Å². The Balaban J connectivity index is 1.68. The van der Waals surface area contributed by atoms with Crippen molar-refractivity contribution in [2.45, 2.75) is 6.42 Å². The molecule has 1 aliphatic heterocycles. The van der Waals surface area contributed by atoms with Crippen molar-refractivity contribution >= 4 is 34.2 Å². The molecule has 1 N–H and O–H groups in total. The van der Waals surface area contributed by atoms with Crippen LogP contribution in [0.15, 0.2) is 48.5 Å². The van der Waals surface area contributed by atoms with E-state index < -0.39 is 0 Å². The van der Waals surface area contributed by atoms with Gasteiger partial charge < -0.3 is 10.1 Å². The van der Waals surface area contributed by atoms with Gasteiger partial charge in [0.15, 0.2) is 0 Å². The molecule has 0 radical (unpaired) electrons. The molecular formula is C16H14INO2. The van der Waals surface area contributed by atoms with Crippen LogP contribution in [0.2, 0.25) is 0 Å². The summed E-state index contributed by atoms with van der Waals surface area (Å²) in [6.45, 7) is 0.438. The molecule has 3 nitrogen and oxygen atoms in total. The van der Waals surface area contributed by atoms with Gasteiger partial charge in [0.25, 0.3) is 0 Å². The molecule has 1 unspecified atom stereocenters. The van der Waals surface area contributed by atoms with Gasteiger partial charge in [-0.2, -0.15) is 0 Å². The Morgan fingerprint density at radius 2 is 1.90 bits per heavy atom. The van der Waals surface area contributed by atoms with Gasteiger partial charge in [-0.05, 0) is 64.9 Å². The first-order valence-corrected chi connectivity index (χ1v) is 7.57. The standard InChI is InChI=1S/C16H14INO2/c17-13-5-7-14(8-6-13)18-16(19)12-9-11-3-1-2-4-15(11)20-10-12/h1-8,12H,9-10H2,(H,18,19). The van der Waals surface area contributed by atoms with Gasteiger partial charge in [0.1, 0.15) is 12.4 Å². The summed E-state index contributed by atoms with van der Waals surface area (Å²) in [6, 6.07) is 15.7. The second-order valence-electron chi connectivity index (χ2n) is 4.82. The van der Waals surface area contributed by atoms with Gasteiger partial charge in [-0.25, -0.2) is 0 Å². The monoisotopic (exact) mass is 379 g/mol. The molecule has 0 aromatic heterocycles. The number of carbonyl (C=O) groups excluding carboxylic acids is 1. The lowest BCUT2D eigenvalue weighted by Crippen LogP contribution is -2.32. The highest BCUT2D eigenvalue weighted by Crippen LogP contribution is 2.27. The Bertz CT molecular complexity index is 625. The van der Waals surface area contributed by atoms with Gasteiger partial charge in [0.05, 0.1) is 5.92 Å². The summed E-state index contributed by atoms with van der Waals surface area (Å²) in [5, 5.41) is 2.95. The summed E-state index contributed by atoms with van der Waals surface area (Å²) < 4.78 is 6.80. The highest BCUT2D eigenvalue weighted by Gasteiger charge is 2.25. The summed E-state index contributed by atoms with van der Waals surface area (Å²) in [7, 11) is 0. The Hall–Kier alpha value is -1.56.